The molecule has 2 aromatic carbocycles. The number of amides is 1. The molecule has 33 heavy (non-hydrogen) atoms. The van der Waals surface area contributed by atoms with E-state index in [1.54, 1.807) is 24.3 Å². The Balaban J connectivity index is 1.70. The number of benzene rings is 2. The van der Waals surface area contributed by atoms with Crippen molar-refractivity contribution >= 4 is 23.7 Å². The Bertz CT molecular complexity index is 1110. The van der Waals surface area contributed by atoms with Gasteiger partial charge in [0.05, 0.1) is 25.9 Å². The molecule has 1 aliphatic heterocycles. The number of fused-ring (bicyclic) bond motifs is 1. The van der Waals surface area contributed by atoms with E-state index >= 15 is 0 Å². The highest BCUT2D eigenvalue weighted by atomic mass is 16.5. The summed E-state index contributed by atoms with van der Waals surface area (Å²) in [6.45, 7) is 0.760. The van der Waals surface area contributed by atoms with E-state index in [2.05, 4.69) is 5.32 Å². The number of carboxylic acids is 1. The minimum atomic E-state index is -1.45. The molecule has 10 nitrogen and oxygen atoms in total. The van der Waals surface area contributed by atoms with Crippen LogP contribution < -0.4 is 24.3 Å². The maximum atomic E-state index is 12.7. The van der Waals surface area contributed by atoms with Gasteiger partial charge in [0, 0.05) is 17.7 Å². The number of carbonyl (C=O) groups is 3. The normalized spacial score (nSPS) is 15.3. The predicted molar refractivity (Wildman–Crippen MR) is 116 cm³/mol. The number of hydrogen-bond donors (Lipinski definition) is 3. The smallest absolute Gasteiger partial charge is 0.328 e. The summed E-state index contributed by atoms with van der Waals surface area (Å²) >= 11 is 0. The van der Waals surface area contributed by atoms with Gasteiger partial charge in [-0.25, -0.2) is 4.79 Å². The van der Waals surface area contributed by atoms with Crippen LogP contribution in [0.1, 0.15) is 22.8 Å². The number of aliphatic hydroxyl groups excluding tert-OH is 1. The number of allylic oxidation sites excluding steroid dienone is 1. The Kier molecular flexibility index (Phi) is 7.19. The molecule has 0 aromatic heterocycles. The van der Waals surface area contributed by atoms with Gasteiger partial charge in [-0.2, -0.15) is 0 Å². The first kappa shape index (κ1) is 23.6. The molecule has 3 rings (SSSR count). The summed E-state index contributed by atoms with van der Waals surface area (Å²) < 4.78 is 21.6. The lowest BCUT2D eigenvalue weighted by Crippen LogP contribution is -2.49. The van der Waals surface area contributed by atoms with E-state index in [9.17, 15) is 19.5 Å². The van der Waals surface area contributed by atoms with E-state index in [1.165, 1.54) is 39.3 Å². The number of rotatable bonds is 9. The van der Waals surface area contributed by atoms with E-state index in [4.69, 9.17) is 24.1 Å². The first-order chi connectivity index (χ1) is 15.7. The number of carboxylic acid groups (broad SMARTS) is 1. The minimum absolute atomic E-state index is 0.0876. The van der Waals surface area contributed by atoms with Crippen molar-refractivity contribution in [1.29, 1.82) is 0 Å². The zero-order chi connectivity index (χ0) is 24.1. The van der Waals surface area contributed by atoms with Crippen LogP contribution in [0.3, 0.4) is 0 Å². The number of aliphatic carboxylic acids is 1. The van der Waals surface area contributed by atoms with Crippen LogP contribution in [0.25, 0.3) is 6.08 Å². The average Bonchev–Trinajstić information content (AvgIpc) is 3.10. The fourth-order valence-corrected chi connectivity index (χ4v) is 3.09. The lowest BCUT2D eigenvalue weighted by Gasteiger charge is -2.17. The molecule has 3 N–H and O–H groups in total. The van der Waals surface area contributed by atoms with Crippen LogP contribution in [0, 0.1) is 0 Å². The van der Waals surface area contributed by atoms with Crippen molar-refractivity contribution < 1.29 is 43.5 Å². The molecule has 0 spiro atoms. The van der Waals surface area contributed by atoms with Gasteiger partial charge in [-0.05, 0) is 37.3 Å². The number of methoxy groups -OCH3 is 2. The third-order valence-electron chi connectivity index (χ3n) is 4.80. The Morgan fingerprint density at radius 2 is 1.85 bits per heavy atom. The van der Waals surface area contributed by atoms with Crippen molar-refractivity contribution in [2.24, 2.45) is 0 Å². The van der Waals surface area contributed by atoms with Crippen molar-refractivity contribution in [3.63, 3.8) is 0 Å². The van der Waals surface area contributed by atoms with Crippen molar-refractivity contribution in [1.82, 2.24) is 5.32 Å². The van der Waals surface area contributed by atoms with Gasteiger partial charge in [0.25, 0.3) is 5.91 Å². The van der Waals surface area contributed by atoms with Gasteiger partial charge in [-0.1, -0.05) is 0 Å². The van der Waals surface area contributed by atoms with Crippen molar-refractivity contribution in [3.05, 3.63) is 53.3 Å². The second kappa shape index (κ2) is 10.0. The Morgan fingerprint density at radius 3 is 2.48 bits per heavy atom. The van der Waals surface area contributed by atoms with Gasteiger partial charge < -0.3 is 34.5 Å². The molecule has 0 saturated carbocycles. The molecule has 2 atom stereocenters. The van der Waals surface area contributed by atoms with E-state index in [-0.39, 0.29) is 23.0 Å². The van der Waals surface area contributed by atoms with Crippen molar-refractivity contribution in [2.75, 3.05) is 20.8 Å². The van der Waals surface area contributed by atoms with Crippen molar-refractivity contribution in [2.45, 2.75) is 19.1 Å². The van der Waals surface area contributed by atoms with Crippen molar-refractivity contribution in [3.8, 4) is 23.0 Å². The van der Waals surface area contributed by atoms with Gasteiger partial charge >= 0.3 is 5.97 Å². The highest BCUT2D eigenvalue weighted by Gasteiger charge is 2.29. The molecular weight excluding hydrogens is 434 g/mol. The highest BCUT2D eigenvalue weighted by Crippen LogP contribution is 2.36. The second-order valence-corrected chi connectivity index (χ2v) is 7.12. The van der Waals surface area contributed by atoms with Gasteiger partial charge in [-0.15, -0.1) is 0 Å². The second-order valence-electron chi connectivity index (χ2n) is 7.12. The number of ketones is 1. The summed E-state index contributed by atoms with van der Waals surface area (Å²) in [5.74, 6) is -0.736. The molecule has 0 saturated heterocycles. The van der Waals surface area contributed by atoms with Crippen LogP contribution in [0.5, 0.6) is 23.0 Å². The maximum Gasteiger partial charge on any atom is 0.328 e. The Labute approximate surface area is 189 Å². The predicted octanol–water partition coefficient (Wildman–Crippen LogP) is 1.65. The van der Waals surface area contributed by atoms with Crippen LogP contribution >= 0.6 is 0 Å². The standard InChI is InChI=1S/C23H23NO9/c1-12(25)21(23(28)29)24-20(26)11-32-15-6-7-16-18(10-15)33-19(22(16)27)8-13-4-5-14(30-2)9-17(13)31-3/h4-10,12,21,25H,11H2,1-3H3,(H,24,26)(H,28,29). The molecule has 0 bridgehead atoms. The number of carbonyl (C=O) groups excluding carboxylic acids is 2. The molecule has 0 radical (unpaired) electrons. The van der Waals surface area contributed by atoms with Gasteiger partial charge in [0.2, 0.25) is 5.78 Å². The number of hydrogen-bond acceptors (Lipinski definition) is 8. The van der Waals surface area contributed by atoms with Gasteiger partial charge in [0.1, 0.15) is 23.0 Å². The minimum Gasteiger partial charge on any atom is -0.497 e. The fraction of sp³-hybridized carbons (Fsp3) is 0.261. The van der Waals surface area contributed by atoms with E-state index in [1.807, 2.05) is 0 Å². The summed E-state index contributed by atoms with van der Waals surface area (Å²) in [5.41, 5.74) is 0.944. The maximum absolute atomic E-state index is 12.7. The average molecular weight is 457 g/mol. The molecule has 1 aliphatic rings. The molecule has 2 aromatic rings. The molecule has 10 heteroatoms. The van der Waals surface area contributed by atoms with Gasteiger partial charge in [-0.3, -0.25) is 9.59 Å². The molecule has 0 fully saturated rings. The lowest BCUT2D eigenvalue weighted by molar-refractivity contribution is -0.145. The fourth-order valence-electron chi connectivity index (χ4n) is 3.09. The number of ether oxygens (including phenoxy) is 4. The van der Waals surface area contributed by atoms with Gasteiger partial charge in [0.15, 0.2) is 18.4 Å². The molecule has 0 aliphatic carbocycles. The third kappa shape index (κ3) is 5.42. The third-order valence-corrected chi connectivity index (χ3v) is 4.80. The van der Waals surface area contributed by atoms with Crippen LogP contribution in [-0.2, 0) is 9.59 Å². The Hall–Kier alpha value is -4.05. The molecular formula is C23H23NO9. The lowest BCUT2D eigenvalue weighted by atomic mass is 10.1. The van der Waals surface area contributed by atoms with E-state index in [0.29, 0.717) is 22.6 Å². The quantitative estimate of drug-likeness (QED) is 0.479. The number of aliphatic hydroxyl groups is 1. The molecule has 1 amide bonds. The van der Waals surface area contributed by atoms with Crippen LogP contribution in [0.4, 0.5) is 0 Å². The first-order valence-electron chi connectivity index (χ1n) is 9.86. The van der Waals surface area contributed by atoms with Crippen LogP contribution in [-0.4, -0.2) is 60.8 Å². The zero-order valence-electron chi connectivity index (χ0n) is 18.2. The number of Topliss-reactive ketones (excluding diaryl/α,β-unsaturated/α-hetero) is 1. The summed E-state index contributed by atoms with van der Waals surface area (Å²) in [5, 5.41) is 20.6. The number of nitrogens with one attached hydrogen (secondary N) is 1. The van der Waals surface area contributed by atoms with E-state index in [0.717, 1.165) is 0 Å². The van der Waals surface area contributed by atoms with E-state index < -0.39 is 30.6 Å². The zero-order valence-corrected chi connectivity index (χ0v) is 18.2. The summed E-state index contributed by atoms with van der Waals surface area (Å²) in [6, 6.07) is 8.14. The monoisotopic (exact) mass is 457 g/mol. The Morgan fingerprint density at radius 1 is 1.12 bits per heavy atom. The summed E-state index contributed by atoms with van der Waals surface area (Å²) in [7, 11) is 3.04. The summed E-state index contributed by atoms with van der Waals surface area (Å²) in [4.78, 5) is 35.7. The summed E-state index contributed by atoms with van der Waals surface area (Å²) in [6.07, 6.45) is 0.275. The van der Waals surface area contributed by atoms with Crippen LogP contribution in [0.15, 0.2) is 42.2 Å². The molecule has 174 valence electrons. The molecule has 1 heterocycles. The van der Waals surface area contributed by atoms with Crippen LogP contribution in [0.2, 0.25) is 0 Å². The SMILES string of the molecule is COc1ccc(C=C2Oc3cc(OCC(=O)NC(C(=O)O)C(C)O)ccc3C2=O)c(OC)c1. The highest BCUT2D eigenvalue weighted by molar-refractivity contribution is 6.14. The molecule has 2 unspecified atom stereocenters. The first-order valence-corrected chi connectivity index (χ1v) is 9.86. The largest absolute Gasteiger partial charge is 0.497 e. The topological polar surface area (TPSA) is 141 Å².